The molecule has 3 rings (SSSR count). The van der Waals surface area contributed by atoms with Gasteiger partial charge in [-0.3, -0.25) is 0 Å². The van der Waals surface area contributed by atoms with Gasteiger partial charge in [0.2, 0.25) is 11.4 Å². The van der Waals surface area contributed by atoms with E-state index in [0.717, 1.165) is 56.3 Å². The number of nitrogens with zero attached hydrogens (tertiary/aromatic N) is 2. The average molecular weight is 1200 g/mol. The zero-order valence-electron chi connectivity index (χ0n) is 57.3. The second-order valence-electron chi connectivity index (χ2n) is 26.0. The number of aryl methyl sites for hydroxylation is 2. The van der Waals surface area contributed by atoms with Crippen molar-refractivity contribution in [2.24, 2.45) is 0 Å². The van der Waals surface area contributed by atoms with E-state index < -0.39 is 0 Å². The van der Waals surface area contributed by atoms with Gasteiger partial charge in [0, 0.05) is 22.3 Å². The fourth-order valence-corrected chi connectivity index (χ4v) is 13.9. The van der Waals surface area contributed by atoms with Gasteiger partial charge in [0.25, 0.3) is 0 Å². The van der Waals surface area contributed by atoms with Crippen molar-refractivity contribution in [3.05, 3.63) is 99.6 Å². The van der Waals surface area contributed by atoms with Crippen molar-refractivity contribution in [3.8, 4) is 0 Å². The van der Waals surface area contributed by atoms with Crippen molar-refractivity contribution >= 4 is 11.4 Å². The minimum Gasteiger partial charge on any atom is -0.0654 e. The molecule has 486 valence electrons. The van der Waals surface area contributed by atoms with Crippen LogP contribution < -0.4 is 0 Å². The number of hydrogen-bond acceptors (Lipinski definition) is 0. The average Bonchev–Trinajstić information content (AvgIpc) is 2.75. The third kappa shape index (κ3) is 41.1. The minimum absolute atomic E-state index is 0.999. The molecule has 84 heavy (non-hydrogen) atoms. The van der Waals surface area contributed by atoms with Crippen molar-refractivity contribution < 1.29 is 19.1 Å². The molecule has 0 atom stereocenters. The van der Waals surface area contributed by atoms with Crippen LogP contribution in [0.25, 0.3) is 16.9 Å². The Morgan fingerprint density at radius 3 is 1.14 bits per heavy atom. The van der Waals surface area contributed by atoms with E-state index in [0.29, 0.717) is 0 Å². The van der Waals surface area contributed by atoms with Crippen molar-refractivity contribution in [2.75, 3.05) is 0 Å². The van der Waals surface area contributed by atoms with Gasteiger partial charge in [-0.1, -0.05) is 232 Å². The Labute approximate surface area is 532 Å². The Hall–Kier alpha value is -2.25. The van der Waals surface area contributed by atoms with Gasteiger partial charge in [0.1, 0.15) is 0 Å². The predicted molar refractivity (Wildman–Crippen MR) is 375 cm³/mol. The minimum atomic E-state index is 0.999. The van der Waals surface area contributed by atoms with E-state index in [1.807, 2.05) is 14.4 Å². The molecule has 0 radical (unpaired) electrons. The van der Waals surface area contributed by atoms with Gasteiger partial charge in [-0.2, -0.15) is 0 Å². The molecule has 0 saturated heterocycles. The second-order valence-corrected chi connectivity index (χ2v) is 27.5. The van der Waals surface area contributed by atoms with Crippen LogP contribution in [0.4, 0.5) is 0 Å². The summed E-state index contributed by atoms with van der Waals surface area (Å²) in [5.41, 5.74) is 22.3. The maximum absolute atomic E-state index is 12.3. The Kier molecular flexibility index (Phi) is 55.3. The third-order valence-electron chi connectivity index (χ3n) is 18.1. The summed E-state index contributed by atoms with van der Waals surface area (Å²) in [4.78, 5) is 0. The van der Waals surface area contributed by atoms with E-state index >= 15 is 0 Å². The fourth-order valence-electron chi connectivity index (χ4n) is 12.6. The first-order chi connectivity index (χ1) is 41.6. The van der Waals surface area contributed by atoms with Crippen molar-refractivity contribution in [2.45, 2.75) is 405 Å². The molecule has 0 aliphatic carbocycles. The summed E-state index contributed by atoms with van der Waals surface area (Å²) in [5, 5.41) is 2.86. The maximum atomic E-state index is 12.3. The van der Waals surface area contributed by atoms with Crippen LogP contribution in [0.3, 0.4) is 0 Å². The van der Waals surface area contributed by atoms with Crippen LogP contribution in [-0.4, -0.2) is 4.70 Å². The van der Waals surface area contributed by atoms with E-state index in [2.05, 4.69) is 102 Å². The molecule has 1 aliphatic rings. The fraction of sp³-hybridized carbons (Fsp3) is 0.778. The second kappa shape index (κ2) is 59.7. The molecule has 1 heterocycles. The Morgan fingerprint density at radius 2 is 0.679 bits per heavy atom. The van der Waals surface area contributed by atoms with Crippen LogP contribution in [0.2, 0.25) is 10.8 Å². The molecular weight excluding hydrogens is 1060 g/mol. The molecule has 2 nitrogen and oxygen atoms in total. The summed E-state index contributed by atoms with van der Waals surface area (Å²) < 4.78 is 1.62. The molecule has 0 N–H and O–H groups in total. The van der Waals surface area contributed by atoms with E-state index in [1.165, 1.54) is 352 Å². The number of benzene rings is 2. The molecule has 0 saturated carbocycles. The van der Waals surface area contributed by atoms with Crippen LogP contribution in [0.5, 0.6) is 0 Å². The van der Waals surface area contributed by atoms with Gasteiger partial charge in [-0.25, -0.2) is 4.70 Å². The number of allylic oxidation sites excluding steroid dienone is 4. The number of unbranched alkanes of at least 4 members (excludes halogenated alkanes) is 44. The summed E-state index contributed by atoms with van der Waals surface area (Å²) in [6.45, 7) is 13.8. The van der Waals surface area contributed by atoms with Gasteiger partial charge in [-0.15, -0.1) is 0 Å². The first-order valence-electron chi connectivity index (χ1n) is 37.8. The van der Waals surface area contributed by atoms with Crippen molar-refractivity contribution in [3.63, 3.8) is 0 Å². The molecule has 0 amide bonds. The topological polar surface area (TPSA) is 25.3 Å². The van der Waals surface area contributed by atoms with E-state index in [1.54, 1.807) is 4.70 Å². The van der Waals surface area contributed by atoms with Gasteiger partial charge in [0.15, 0.2) is 0 Å². The zero-order chi connectivity index (χ0) is 60.3. The SMILES string of the molecule is CCCCCCCCCCCCCCCCCCC=CCCc1ccccc1C1=C(CCCC)C(CCCCCCCC)=C(c2cccc(CCCCC)c2)[N+]1=[N-].CCCCCCCCCCCC[CH2][Ni][CH2]CCCCCCCCCCCC. The standard InChI is InChI=1S/C55H88N2.2C13H27.Ni/c1-5-9-13-15-17-18-19-20-21-22-23-24-25-26-27-28-29-30-31-34-41-49-42-36-37-45-51(49)55-53(44-12-8-4)52(46-35-32-16-14-10-6-2)54(57(55)56)50-43-38-40-48(47-50)39-33-11-7-3;2*1-3-5-7-9-11-13-12-10-8-6-4-2;/h30-31,36-38,40,42-43,45,47H,5-29,32-35,39,41,44,46H2,1-4H3;2*1,3-13H2,2H3;. The summed E-state index contributed by atoms with van der Waals surface area (Å²) in [6.07, 6.45) is 80.0. The Balaban J connectivity index is 0.000000748. The van der Waals surface area contributed by atoms with E-state index in [4.69, 9.17) is 0 Å². The van der Waals surface area contributed by atoms with Gasteiger partial charge in [-0.05, 0) is 93.5 Å². The van der Waals surface area contributed by atoms with Crippen molar-refractivity contribution in [1.29, 1.82) is 0 Å². The first-order valence-corrected chi connectivity index (χ1v) is 39.2. The van der Waals surface area contributed by atoms with E-state index in [9.17, 15) is 5.53 Å². The van der Waals surface area contributed by atoms with Crippen LogP contribution in [0.15, 0.2) is 71.8 Å². The first kappa shape index (κ1) is 77.8. The molecule has 2 aromatic carbocycles. The number of rotatable bonds is 60. The molecule has 0 spiro atoms. The predicted octanol–water partition coefficient (Wildman–Crippen LogP) is 29.2. The summed E-state index contributed by atoms with van der Waals surface area (Å²) in [7, 11) is 0. The summed E-state index contributed by atoms with van der Waals surface area (Å²) in [5.74, 6) is 0. The molecule has 0 unspecified atom stereocenters. The smallest absolute Gasteiger partial charge is 0.0654 e. The summed E-state index contributed by atoms with van der Waals surface area (Å²) in [6, 6.07) is 18.0. The van der Waals surface area contributed by atoms with Crippen LogP contribution in [-0.2, 0) is 27.3 Å². The molecule has 0 aromatic heterocycles. The Morgan fingerprint density at radius 1 is 0.321 bits per heavy atom. The quantitative estimate of drug-likeness (QED) is 0.0273. The zero-order valence-corrected chi connectivity index (χ0v) is 58.3. The van der Waals surface area contributed by atoms with Gasteiger partial charge >= 0.3 is 166 Å². The molecule has 3 heteroatoms. The van der Waals surface area contributed by atoms with E-state index in [-0.39, 0.29) is 0 Å². The normalized spacial score (nSPS) is 12.7. The number of hydrogen-bond donors (Lipinski definition) is 0. The molecule has 0 bridgehead atoms. The Bertz CT molecular complexity index is 1840. The van der Waals surface area contributed by atoms with Crippen molar-refractivity contribution in [1.82, 2.24) is 0 Å². The van der Waals surface area contributed by atoms with Gasteiger partial charge < -0.3 is 5.53 Å². The summed E-state index contributed by atoms with van der Waals surface area (Å²) >= 11 is 2.03. The molecule has 1 aliphatic heterocycles. The van der Waals surface area contributed by atoms with Crippen LogP contribution >= 0.6 is 0 Å². The van der Waals surface area contributed by atoms with Crippen LogP contribution in [0.1, 0.15) is 404 Å². The monoisotopic (exact) mass is 1200 g/mol. The third-order valence-corrected chi connectivity index (χ3v) is 19.5. The molecule has 0 fully saturated rings. The van der Waals surface area contributed by atoms with Gasteiger partial charge in [0.05, 0.1) is 0 Å². The molecule has 2 aromatic rings. The molecular formula is C81H142N2Ni. The van der Waals surface area contributed by atoms with Crippen LogP contribution in [0, 0.1) is 0 Å².